The van der Waals surface area contributed by atoms with Crippen molar-refractivity contribution in [2.75, 3.05) is 6.54 Å². The molecule has 0 aromatic carbocycles. The summed E-state index contributed by atoms with van der Waals surface area (Å²) in [6.45, 7) is 5.65. The Morgan fingerprint density at radius 3 is 2.76 bits per heavy atom. The van der Waals surface area contributed by atoms with Crippen LogP contribution in [0.25, 0.3) is 0 Å². The highest BCUT2D eigenvalue weighted by Crippen LogP contribution is 2.25. The molecule has 0 aliphatic carbocycles. The van der Waals surface area contributed by atoms with Gasteiger partial charge in [0.1, 0.15) is 0 Å². The lowest BCUT2D eigenvalue weighted by atomic mass is 10.4. The van der Waals surface area contributed by atoms with Crippen molar-refractivity contribution in [3.63, 3.8) is 0 Å². The Hall–Kier alpha value is -1.22. The quantitative estimate of drug-likeness (QED) is 0.805. The molecule has 0 aliphatic heterocycles. The average molecular weight is 328 g/mol. The number of sulfonamides is 1. The number of thiophene rings is 1. The van der Waals surface area contributed by atoms with Crippen molar-refractivity contribution in [1.29, 1.82) is 0 Å². The molecule has 0 amide bonds. The molecule has 0 spiro atoms. The Balaban J connectivity index is 2.09. The molecule has 8 heteroatoms. The second-order valence-electron chi connectivity index (χ2n) is 4.76. The number of aromatic nitrogens is 2. The summed E-state index contributed by atoms with van der Waals surface area (Å²) < 4.78 is 29.0. The summed E-state index contributed by atoms with van der Waals surface area (Å²) >= 11 is 1.51. The highest BCUT2D eigenvalue weighted by Gasteiger charge is 2.19. The first kappa shape index (κ1) is 16.2. The van der Waals surface area contributed by atoms with Gasteiger partial charge >= 0.3 is 0 Å². The predicted octanol–water partition coefficient (Wildman–Crippen LogP) is 1.38. The fourth-order valence-corrected chi connectivity index (χ4v) is 4.57. The van der Waals surface area contributed by atoms with E-state index in [1.165, 1.54) is 11.3 Å². The van der Waals surface area contributed by atoms with Gasteiger partial charge in [0.25, 0.3) is 0 Å². The molecule has 0 unspecified atom stereocenters. The van der Waals surface area contributed by atoms with E-state index in [1.54, 1.807) is 30.2 Å². The molecule has 0 saturated carbocycles. The van der Waals surface area contributed by atoms with E-state index in [4.69, 9.17) is 0 Å². The number of aryl methyl sites for hydroxylation is 2. The molecule has 2 aromatic rings. The van der Waals surface area contributed by atoms with Crippen LogP contribution in [0.2, 0.25) is 0 Å². The van der Waals surface area contributed by atoms with E-state index in [0.717, 1.165) is 21.9 Å². The minimum Gasteiger partial charge on any atom is -0.312 e. The lowest BCUT2D eigenvalue weighted by Crippen LogP contribution is -2.23. The van der Waals surface area contributed by atoms with Gasteiger partial charge in [-0.25, -0.2) is 13.1 Å². The second kappa shape index (κ2) is 6.69. The molecule has 0 saturated heterocycles. The zero-order chi connectivity index (χ0) is 15.5. The maximum atomic E-state index is 12.4. The topological polar surface area (TPSA) is 76.0 Å². The second-order valence-corrected chi connectivity index (χ2v) is 7.84. The monoisotopic (exact) mass is 328 g/mol. The first-order chi connectivity index (χ1) is 9.92. The molecule has 0 aliphatic rings. The number of hydrogen-bond acceptors (Lipinski definition) is 5. The Kier molecular flexibility index (Phi) is 5.15. The summed E-state index contributed by atoms with van der Waals surface area (Å²) in [6, 6.07) is 1.74. The van der Waals surface area contributed by atoms with Crippen LogP contribution in [-0.2, 0) is 30.2 Å². The van der Waals surface area contributed by atoms with Gasteiger partial charge in [-0.1, -0.05) is 6.92 Å². The molecular formula is C13H20N4O2S2. The Morgan fingerprint density at radius 2 is 2.14 bits per heavy atom. The van der Waals surface area contributed by atoms with Crippen LogP contribution >= 0.6 is 11.3 Å². The van der Waals surface area contributed by atoms with E-state index in [-0.39, 0.29) is 6.54 Å². The van der Waals surface area contributed by atoms with Gasteiger partial charge in [-0.05, 0) is 19.5 Å². The van der Waals surface area contributed by atoms with Crippen LogP contribution < -0.4 is 10.0 Å². The van der Waals surface area contributed by atoms with Crippen molar-refractivity contribution in [1.82, 2.24) is 19.8 Å². The van der Waals surface area contributed by atoms with Gasteiger partial charge in [0.05, 0.1) is 11.1 Å². The number of hydrogen-bond donors (Lipinski definition) is 2. The van der Waals surface area contributed by atoms with Crippen LogP contribution in [0.1, 0.15) is 22.2 Å². The largest absolute Gasteiger partial charge is 0.312 e. The normalized spacial score (nSPS) is 12.0. The molecule has 0 bridgehead atoms. The van der Waals surface area contributed by atoms with Gasteiger partial charge in [-0.3, -0.25) is 4.68 Å². The number of rotatable bonds is 7. The van der Waals surface area contributed by atoms with E-state index in [1.807, 2.05) is 13.8 Å². The summed E-state index contributed by atoms with van der Waals surface area (Å²) in [4.78, 5) is 2.20. The zero-order valence-electron chi connectivity index (χ0n) is 12.4. The molecular weight excluding hydrogens is 308 g/mol. The maximum Gasteiger partial charge on any atom is 0.241 e. The minimum absolute atomic E-state index is 0.244. The predicted molar refractivity (Wildman–Crippen MR) is 83.7 cm³/mol. The van der Waals surface area contributed by atoms with Crippen LogP contribution in [0, 0.1) is 6.92 Å². The average Bonchev–Trinajstić information content (AvgIpc) is 3.00. The molecule has 2 N–H and O–H groups in total. The van der Waals surface area contributed by atoms with E-state index >= 15 is 0 Å². The summed E-state index contributed by atoms with van der Waals surface area (Å²) in [6.07, 6.45) is 3.44. The summed E-state index contributed by atoms with van der Waals surface area (Å²) in [5, 5.41) is 7.22. The third-order valence-corrected chi connectivity index (χ3v) is 5.69. The molecule has 0 fully saturated rings. The number of nitrogens with one attached hydrogen (secondary N) is 2. The highest BCUT2D eigenvalue weighted by molar-refractivity contribution is 7.89. The van der Waals surface area contributed by atoms with Crippen molar-refractivity contribution in [2.24, 2.45) is 7.05 Å². The van der Waals surface area contributed by atoms with Crippen LogP contribution in [0.3, 0.4) is 0 Å². The van der Waals surface area contributed by atoms with Gasteiger partial charge in [-0.2, -0.15) is 5.10 Å². The van der Waals surface area contributed by atoms with E-state index < -0.39 is 10.0 Å². The highest BCUT2D eigenvalue weighted by atomic mass is 32.2. The van der Waals surface area contributed by atoms with Crippen LogP contribution in [0.4, 0.5) is 0 Å². The van der Waals surface area contributed by atoms with Gasteiger partial charge < -0.3 is 5.32 Å². The van der Waals surface area contributed by atoms with Crippen molar-refractivity contribution in [3.8, 4) is 0 Å². The molecule has 21 heavy (non-hydrogen) atoms. The van der Waals surface area contributed by atoms with Crippen molar-refractivity contribution >= 4 is 21.4 Å². The maximum absolute atomic E-state index is 12.4. The fourth-order valence-electron chi connectivity index (χ4n) is 1.95. The minimum atomic E-state index is -3.49. The summed E-state index contributed by atoms with van der Waals surface area (Å²) in [5.74, 6) is 0. The van der Waals surface area contributed by atoms with Gasteiger partial charge in [0.15, 0.2) is 0 Å². The van der Waals surface area contributed by atoms with Gasteiger partial charge in [0, 0.05) is 41.7 Å². The number of nitrogens with zero attached hydrogens (tertiary/aromatic N) is 2. The Labute approximate surface area is 129 Å². The van der Waals surface area contributed by atoms with Crippen LogP contribution in [0.5, 0.6) is 0 Å². The molecule has 0 radical (unpaired) electrons. The van der Waals surface area contributed by atoms with Crippen molar-refractivity contribution in [2.45, 2.75) is 31.8 Å². The van der Waals surface area contributed by atoms with Gasteiger partial charge in [-0.15, -0.1) is 11.3 Å². The smallest absolute Gasteiger partial charge is 0.241 e. The van der Waals surface area contributed by atoms with E-state index in [9.17, 15) is 8.42 Å². The standard InChI is InChI=1S/C13H20N4O2S2/c1-4-14-8-12-5-13(10(2)20-12)21(18,19)16-7-11-6-15-17(3)9-11/h5-6,9,14,16H,4,7-8H2,1-3H3. The third-order valence-electron chi connectivity index (χ3n) is 2.99. The third kappa shape index (κ3) is 4.13. The molecule has 0 atom stereocenters. The van der Waals surface area contributed by atoms with E-state index in [2.05, 4.69) is 15.1 Å². The summed E-state index contributed by atoms with van der Waals surface area (Å²) in [5.41, 5.74) is 0.835. The van der Waals surface area contributed by atoms with Crippen molar-refractivity contribution in [3.05, 3.63) is 33.8 Å². The molecule has 2 rings (SSSR count). The van der Waals surface area contributed by atoms with Crippen LogP contribution in [0.15, 0.2) is 23.4 Å². The summed E-state index contributed by atoms with van der Waals surface area (Å²) in [7, 11) is -1.69. The van der Waals surface area contributed by atoms with Crippen molar-refractivity contribution < 1.29 is 8.42 Å². The lowest BCUT2D eigenvalue weighted by Gasteiger charge is -2.04. The first-order valence-corrected chi connectivity index (χ1v) is 8.99. The molecule has 6 nitrogen and oxygen atoms in total. The van der Waals surface area contributed by atoms with Gasteiger partial charge in [0.2, 0.25) is 10.0 Å². The molecule has 116 valence electrons. The zero-order valence-corrected chi connectivity index (χ0v) is 14.0. The first-order valence-electron chi connectivity index (χ1n) is 6.69. The lowest BCUT2D eigenvalue weighted by molar-refractivity contribution is 0.581. The van der Waals surface area contributed by atoms with E-state index in [0.29, 0.717) is 11.4 Å². The Morgan fingerprint density at radius 1 is 1.38 bits per heavy atom. The van der Waals surface area contributed by atoms with Crippen LogP contribution in [-0.4, -0.2) is 24.7 Å². The Bertz CT molecular complexity index is 704. The molecule has 2 heterocycles. The SMILES string of the molecule is CCNCc1cc(S(=O)(=O)NCc2cnn(C)c2)c(C)s1. The molecule has 2 aromatic heterocycles. The fraction of sp³-hybridized carbons (Fsp3) is 0.462.